The third kappa shape index (κ3) is 4.73. The molecular weight excluding hydrogens is 244 g/mol. The highest BCUT2D eigenvalue weighted by atomic mass is 32.2. The lowest BCUT2D eigenvalue weighted by atomic mass is 10.0. The highest BCUT2D eigenvalue weighted by Crippen LogP contribution is 2.28. The highest BCUT2D eigenvalue weighted by Gasteiger charge is 2.18. The molecule has 1 unspecified atom stereocenters. The van der Waals surface area contributed by atoms with Crippen LogP contribution in [0.5, 0.6) is 0 Å². The van der Waals surface area contributed by atoms with Crippen molar-refractivity contribution in [2.75, 3.05) is 0 Å². The summed E-state index contributed by atoms with van der Waals surface area (Å²) in [5.41, 5.74) is 1.29. The number of unbranched alkanes of at least 4 members (excludes halogenated alkanes) is 1. The van der Waals surface area contributed by atoms with Gasteiger partial charge in [-0.1, -0.05) is 45.7 Å². The lowest BCUT2D eigenvalue weighted by molar-refractivity contribution is -0.136. The lowest BCUT2D eigenvalue weighted by Gasteiger charge is -2.12. The summed E-state index contributed by atoms with van der Waals surface area (Å²) in [5, 5.41) is 8.86. The maximum atomic E-state index is 11.2. The summed E-state index contributed by atoms with van der Waals surface area (Å²) in [6, 6.07) is 8.24. The van der Waals surface area contributed by atoms with Crippen molar-refractivity contribution < 1.29 is 9.90 Å². The molecule has 0 fully saturated rings. The summed E-state index contributed by atoms with van der Waals surface area (Å²) in [6.45, 7) is 6.40. The normalized spacial score (nSPS) is 12.7. The monoisotopic (exact) mass is 266 g/mol. The minimum absolute atomic E-state index is 0.324. The van der Waals surface area contributed by atoms with Crippen molar-refractivity contribution in [1.29, 1.82) is 0 Å². The van der Waals surface area contributed by atoms with Crippen LogP contribution in [0.3, 0.4) is 0 Å². The zero-order valence-electron chi connectivity index (χ0n) is 11.3. The lowest BCUT2D eigenvalue weighted by Crippen LogP contribution is -2.15. The second-order valence-corrected chi connectivity index (χ2v) is 6.09. The van der Waals surface area contributed by atoms with Crippen LogP contribution >= 0.6 is 11.8 Å². The molecule has 0 spiro atoms. The number of carboxylic acids is 1. The minimum Gasteiger partial charge on any atom is -0.480 e. The van der Waals surface area contributed by atoms with Crippen LogP contribution in [-0.4, -0.2) is 16.3 Å². The van der Waals surface area contributed by atoms with Crippen molar-refractivity contribution in [2.24, 2.45) is 0 Å². The van der Waals surface area contributed by atoms with E-state index in [0.717, 1.165) is 24.2 Å². The number of thioether (sulfide) groups is 1. The first-order valence-electron chi connectivity index (χ1n) is 6.54. The zero-order valence-corrected chi connectivity index (χ0v) is 12.2. The zero-order chi connectivity index (χ0) is 13.5. The van der Waals surface area contributed by atoms with Gasteiger partial charge in [-0.25, -0.2) is 0 Å². The van der Waals surface area contributed by atoms with Crippen LogP contribution in [0.25, 0.3) is 0 Å². The van der Waals surface area contributed by atoms with E-state index in [-0.39, 0.29) is 5.25 Å². The Bertz CT molecular complexity index is 371. The Kier molecular flexibility index (Phi) is 6.27. The molecule has 0 saturated heterocycles. The van der Waals surface area contributed by atoms with Crippen molar-refractivity contribution in [3.05, 3.63) is 29.8 Å². The van der Waals surface area contributed by atoms with E-state index in [2.05, 4.69) is 32.9 Å². The van der Waals surface area contributed by atoms with E-state index in [0.29, 0.717) is 5.92 Å². The maximum absolute atomic E-state index is 11.2. The molecular formula is C15H22O2S. The molecule has 100 valence electrons. The Labute approximate surface area is 114 Å². The Balaban J connectivity index is 2.66. The summed E-state index contributed by atoms with van der Waals surface area (Å²) in [6.07, 6.45) is 2.74. The van der Waals surface area contributed by atoms with Crippen LogP contribution < -0.4 is 0 Å². The largest absolute Gasteiger partial charge is 0.480 e. The molecule has 0 radical (unpaired) electrons. The molecule has 0 heterocycles. The van der Waals surface area contributed by atoms with E-state index in [9.17, 15) is 9.90 Å². The number of carbonyl (C=O) groups is 1. The minimum atomic E-state index is -0.707. The van der Waals surface area contributed by atoms with E-state index in [1.54, 1.807) is 0 Å². The second-order valence-electron chi connectivity index (χ2n) is 4.81. The van der Waals surface area contributed by atoms with Crippen LogP contribution in [0.2, 0.25) is 0 Å². The SMILES string of the molecule is CCCCC(Sc1ccc(C(C)C)cc1)C(=O)O. The van der Waals surface area contributed by atoms with Gasteiger partial charge < -0.3 is 5.11 Å². The summed E-state index contributed by atoms with van der Waals surface area (Å²) in [5.74, 6) is -0.194. The predicted octanol–water partition coefficient (Wildman–Crippen LogP) is 4.55. The van der Waals surface area contributed by atoms with Crippen LogP contribution in [0.15, 0.2) is 29.2 Å². The van der Waals surface area contributed by atoms with Crippen LogP contribution in [-0.2, 0) is 4.79 Å². The van der Waals surface area contributed by atoms with Gasteiger partial charge in [0.25, 0.3) is 0 Å². The van der Waals surface area contributed by atoms with Gasteiger partial charge in [0.2, 0.25) is 0 Å². The van der Waals surface area contributed by atoms with Gasteiger partial charge in [-0.05, 0) is 30.0 Å². The fourth-order valence-corrected chi connectivity index (χ4v) is 2.72. The smallest absolute Gasteiger partial charge is 0.316 e. The van der Waals surface area contributed by atoms with Gasteiger partial charge in [0, 0.05) is 4.90 Å². The first kappa shape index (κ1) is 15.1. The maximum Gasteiger partial charge on any atom is 0.316 e. The summed E-state index contributed by atoms with van der Waals surface area (Å²) in [7, 11) is 0. The van der Waals surface area contributed by atoms with E-state index < -0.39 is 5.97 Å². The van der Waals surface area contributed by atoms with Crippen molar-refractivity contribution in [1.82, 2.24) is 0 Å². The van der Waals surface area contributed by atoms with Gasteiger partial charge in [0.15, 0.2) is 0 Å². The molecule has 0 aliphatic rings. The highest BCUT2D eigenvalue weighted by molar-refractivity contribution is 8.00. The Morgan fingerprint density at radius 2 is 1.89 bits per heavy atom. The predicted molar refractivity (Wildman–Crippen MR) is 77.3 cm³/mol. The number of rotatable bonds is 7. The Morgan fingerprint density at radius 1 is 1.28 bits per heavy atom. The van der Waals surface area contributed by atoms with Crippen LogP contribution in [0, 0.1) is 0 Å². The summed E-state index contributed by atoms with van der Waals surface area (Å²) < 4.78 is 0. The van der Waals surface area contributed by atoms with E-state index in [1.165, 1.54) is 17.3 Å². The van der Waals surface area contributed by atoms with Gasteiger partial charge in [0.05, 0.1) is 0 Å². The van der Waals surface area contributed by atoms with Gasteiger partial charge in [-0.3, -0.25) is 4.79 Å². The quantitative estimate of drug-likeness (QED) is 0.736. The average Bonchev–Trinajstić information content (AvgIpc) is 2.34. The van der Waals surface area contributed by atoms with Gasteiger partial charge in [0.1, 0.15) is 5.25 Å². The van der Waals surface area contributed by atoms with Gasteiger partial charge in [-0.2, -0.15) is 0 Å². The van der Waals surface area contributed by atoms with Crippen molar-refractivity contribution >= 4 is 17.7 Å². The number of benzene rings is 1. The van der Waals surface area contributed by atoms with E-state index in [4.69, 9.17) is 0 Å². The molecule has 0 amide bonds. The second kappa shape index (κ2) is 7.47. The Hall–Kier alpha value is -0.960. The number of hydrogen-bond donors (Lipinski definition) is 1. The molecule has 0 saturated carbocycles. The molecule has 0 aromatic heterocycles. The molecule has 3 heteroatoms. The van der Waals surface area contributed by atoms with Crippen molar-refractivity contribution in [3.63, 3.8) is 0 Å². The average molecular weight is 266 g/mol. The molecule has 1 rings (SSSR count). The Morgan fingerprint density at radius 3 is 2.33 bits per heavy atom. The first-order chi connectivity index (χ1) is 8.54. The number of aliphatic carboxylic acids is 1. The molecule has 1 aromatic rings. The topological polar surface area (TPSA) is 37.3 Å². The molecule has 1 atom stereocenters. The molecule has 1 aromatic carbocycles. The first-order valence-corrected chi connectivity index (χ1v) is 7.42. The third-order valence-electron chi connectivity index (χ3n) is 2.92. The van der Waals surface area contributed by atoms with Crippen LogP contribution in [0.4, 0.5) is 0 Å². The van der Waals surface area contributed by atoms with Gasteiger partial charge in [-0.15, -0.1) is 11.8 Å². The molecule has 0 bridgehead atoms. The van der Waals surface area contributed by atoms with Gasteiger partial charge >= 0.3 is 5.97 Å². The molecule has 0 aliphatic heterocycles. The standard InChI is InChI=1S/C15H22O2S/c1-4-5-6-14(15(16)17)18-13-9-7-12(8-10-13)11(2)3/h7-11,14H,4-6H2,1-3H3,(H,16,17). The number of hydrogen-bond acceptors (Lipinski definition) is 2. The van der Waals surface area contributed by atoms with E-state index in [1.807, 2.05) is 12.1 Å². The molecule has 2 nitrogen and oxygen atoms in total. The third-order valence-corrected chi connectivity index (χ3v) is 4.19. The van der Waals surface area contributed by atoms with Crippen molar-refractivity contribution in [3.8, 4) is 0 Å². The summed E-state index contributed by atoms with van der Waals surface area (Å²) in [4.78, 5) is 12.2. The number of carboxylic acid groups (broad SMARTS) is 1. The fourth-order valence-electron chi connectivity index (χ4n) is 1.72. The van der Waals surface area contributed by atoms with Crippen LogP contribution in [0.1, 0.15) is 51.5 Å². The van der Waals surface area contributed by atoms with E-state index >= 15 is 0 Å². The fraction of sp³-hybridized carbons (Fsp3) is 0.533. The molecule has 1 N–H and O–H groups in total. The molecule has 18 heavy (non-hydrogen) atoms. The summed E-state index contributed by atoms with van der Waals surface area (Å²) >= 11 is 1.46. The molecule has 0 aliphatic carbocycles. The van der Waals surface area contributed by atoms with Crippen molar-refractivity contribution in [2.45, 2.75) is 56.1 Å².